The molecule has 19 heavy (non-hydrogen) atoms. The van der Waals surface area contributed by atoms with Gasteiger partial charge in [-0.15, -0.1) is 0 Å². The number of aromatic nitrogens is 1. The third kappa shape index (κ3) is 1.92. The van der Waals surface area contributed by atoms with Crippen molar-refractivity contribution in [3.05, 3.63) is 46.2 Å². The lowest BCUT2D eigenvalue weighted by Gasteiger charge is -2.17. The Balaban J connectivity index is 2.33. The number of carbonyl (C=O) groups is 1. The van der Waals surface area contributed by atoms with Gasteiger partial charge in [-0.1, -0.05) is 12.1 Å². The van der Waals surface area contributed by atoms with Gasteiger partial charge in [0.1, 0.15) is 5.56 Å². The van der Waals surface area contributed by atoms with Crippen LogP contribution in [-0.4, -0.2) is 28.7 Å². The summed E-state index contributed by atoms with van der Waals surface area (Å²) in [6.45, 7) is 1.71. The van der Waals surface area contributed by atoms with Crippen LogP contribution in [0, 0.1) is 0 Å². The second-order valence-corrected chi connectivity index (χ2v) is 4.75. The number of hydrogen-bond acceptors (Lipinski definition) is 3. The van der Waals surface area contributed by atoms with E-state index in [-0.39, 0.29) is 11.6 Å². The molecule has 0 radical (unpaired) electrons. The number of rotatable bonds is 2. The van der Waals surface area contributed by atoms with Crippen LogP contribution >= 0.6 is 0 Å². The average molecular weight is 258 g/mol. The number of carboxylic acids is 1. The second kappa shape index (κ2) is 4.51. The molecule has 1 aromatic carbocycles. The van der Waals surface area contributed by atoms with Crippen molar-refractivity contribution in [2.24, 2.45) is 0 Å². The first kappa shape index (κ1) is 11.9. The summed E-state index contributed by atoms with van der Waals surface area (Å²) >= 11 is 0. The van der Waals surface area contributed by atoms with E-state index in [0.717, 1.165) is 25.0 Å². The smallest absolute Gasteiger partial charge is 0.341 e. The van der Waals surface area contributed by atoms with E-state index in [4.69, 9.17) is 5.11 Å². The number of nitrogens with one attached hydrogen (secondary N) is 1. The molecule has 1 aliphatic heterocycles. The van der Waals surface area contributed by atoms with Crippen molar-refractivity contribution in [3.63, 3.8) is 0 Å². The van der Waals surface area contributed by atoms with Crippen LogP contribution < -0.4 is 10.7 Å². The quantitative estimate of drug-likeness (QED) is 0.850. The summed E-state index contributed by atoms with van der Waals surface area (Å²) in [4.78, 5) is 23.3. The molecule has 1 saturated heterocycles. The van der Waals surface area contributed by atoms with E-state index < -0.39 is 11.4 Å². The van der Waals surface area contributed by atoms with E-state index in [2.05, 4.69) is 5.32 Å². The first-order chi connectivity index (χ1) is 9.18. The summed E-state index contributed by atoms with van der Waals surface area (Å²) in [7, 11) is 0. The fourth-order valence-electron chi connectivity index (χ4n) is 2.63. The fourth-order valence-corrected chi connectivity index (χ4v) is 2.63. The molecule has 0 saturated carbocycles. The molecule has 0 spiro atoms. The molecule has 5 nitrogen and oxygen atoms in total. The standard InChI is InChI=1S/C14H14N2O3/c17-13-10-3-1-2-4-12(10)16(8-11(13)14(18)19)9-5-6-15-7-9/h1-4,8-9,15H,5-7H2,(H,18,19). The first-order valence-electron chi connectivity index (χ1n) is 6.26. The lowest BCUT2D eigenvalue weighted by Crippen LogP contribution is -2.22. The van der Waals surface area contributed by atoms with Crippen LogP contribution in [0.3, 0.4) is 0 Å². The number of pyridine rings is 1. The fraction of sp³-hybridized carbons (Fsp3) is 0.286. The lowest BCUT2D eigenvalue weighted by atomic mass is 10.1. The molecule has 1 unspecified atom stereocenters. The minimum absolute atomic E-state index is 0.161. The predicted molar refractivity (Wildman–Crippen MR) is 71.7 cm³/mol. The second-order valence-electron chi connectivity index (χ2n) is 4.75. The van der Waals surface area contributed by atoms with E-state index in [1.165, 1.54) is 6.20 Å². The lowest BCUT2D eigenvalue weighted by molar-refractivity contribution is 0.0694. The Labute approximate surface area is 109 Å². The minimum Gasteiger partial charge on any atom is -0.477 e. The summed E-state index contributed by atoms with van der Waals surface area (Å²) in [6.07, 6.45) is 2.41. The van der Waals surface area contributed by atoms with Crippen molar-refractivity contribution in [2.75, 3.05) is 13.1 Å². The van der Waals surface area contributed by atoms with Crippen molar-refractivity contribution < 1.29 is 9.90 Å². The van der Waals surface area contributed by atoms with E-state index in [1.54, 1.807) is 12.1 Å². The highest BCUT2D eigenvalue weighted by Crippen LogP contribution is 2.21. The number of carboxylic acid groups (broad SMARTS) is 1. The van der Waals surface area contributed by atoms with Gasteiger partial charge in [-0.25, -0.2) is 4.79 Å². The van der Waals surface area contributed by atoms with Crippen molar-refractivity contribution in [1.29, 1.82) is 0 Å². The van der Waals surface area contributed by atoms with Gasteiger partial charge in [0, 0.05) is 24.2 Å². The normalized spacial score (nSPS) is 18.8. The number of nitrogens with zero attached hydrogens (tertiary/aromatic N) is 1. The summed E-state index contributed by atoms with van der Waals surface area (Å²) in [5, 5.41) is 12.9. The monoisotopic (exact) mass is 258 g/mol. The molecule has 98 valence electrons. The summed E-state index contributed by atoms with van der Waals surface area (Å²) in [6, 6.07) is 7.36. The Bertz CT molecular complexity index is 699. The molecule has 0 bridgehead atoms. The summed E-state index contributed by atoms with van der Waals surface area (Å²) in [5.74, 6) is -1.17. The van der Waals surface area contributed by atoms with Crippen LogP contribution in [0.5, 0.6) is 0 Å². The Morgan fingerprint density at radius 3 is 2.84 bits per heavy atom. The minimum atomic E-state index is -1.17. The van der Waals surface area contributed by atoms with E-state index in [0.29, 0.717) is 5.39 Å². The van der Waals surface area contributed by atoms with Gasteiger partial charge in [0.25, 0.3) is 0 Å². The maximum atomic E-state index is 12.1. The molecule has 2 aromatic rings. The molecule has 1 atom stereocenters. The van der Waals surface area contributed by atoms with Crippen LogP contribution in [0.2, 0.25) is 0 Å². The Kier molecular flexibility index (Phi) is 2.83. The largest absolute Gasteiger partial charge is 0.477 e. The topological polar surface area (TPSA) is 71.3 Å². The molecule has 2 heterocycles. The zero-order chi connectivity index (χ0) is 13.4. The highest BCUT2D eigenvalue weighted by Gasteiger charge is 2.21. The molecule has 3 rings (SSSR count). The average Bonchev–Trinajstić information content (AvgIpc) is 2.93. The Morgan fingerprint density at radius 1 is 1.37 bits per heavy atom. The molecule has 2 N–H and O–H groups in total. The molecule has 1 fully saturated rings. The number of benzene rings is 1. The molecule has 0 aliphatic carbocycles. The predicted octanol–water partition coefficient (Wildman–Crippen LogP) is 1.23. The van der Waals surface area contributed by atoms with E-state index in [1.807, 2.05) is 16.7 Å². The van der Waals surface area contributed by atoms with Gasteiger partial charge >= 0.3 is 5.97 Å². The molecule has 1 aliphatic rings. The molecular weight excluding hydrogens is 244 g/mol. The number of hydrogen-bond donors (Lipinski definition) is 2. The van der Waals surface area contributed by atoms with Crippen LogP contribution in [0.1, 0.15) is 22.8 Å². The Hall–Kier alpha value is -2.14. The third-order valence-corrected chi connectivity index (χ3v) is 3.60. The number of para-hydroxylation sites is 1. The zero-order valence-electron chi connectivity index (χ0n) is 10.3. The molecule has 0 amide bonds. The SMILES string of the molecule is O=C(O)c1cn(C2CCNC2)c2ccccc2c1=O. The number of fused-ring (bicyclic) bond motifs is 1. The summed E-state index contributed by atoms with van der Waals surface area (Å²) in [5.41, 5.74) is 0.224. The zero-order valence-corrected chi connectivity index (χ0v) is 10.3. The molecular formula is C14H14N2O3. The maximum absolute atomic E-state index is 12.1. The third-order valence-electron chi connectivity index (χ3n) is 3.60. The van der Waals surface area contributed by atoms with Gasteiger partial charge in [0.05, 0.1) is 5.52 Å². The molecule has 1 aromatic heterocycles. The van der Waals surface area contributed by atoms with Gasteiger partial charge in [0.15, 0.2) is 0 Å². The van der Waals surface area contributed by atoms with Crippen molar-refractivity contribution in [1.82, 2.24) is 9.88 Å². The first-order valence-corrected chi connectivity index (χ1v) is 6.26. The van der Waals surface area contributed by atoms with E-state index >= 15 is 0 Å². The van der Waals surface area contributed by atoms with Crippen molar-refractivity contribution >= 4 is 16.9 Å². The highest BCUT2D eigenvalue weighted by molar-refractivity contribution is 5.92. The number of aromatic carboxylic acids is 1. The van der Waals surface area contributed by atoms with E-state index in [9.17, 15) is 9.59 Å². The van der Waals surface area contributed by atoms with Gasteiger partial charge in [0.2, 0.25) is 5.43 Å². The van der Waals surface area contributed by atoms with Crippen LogP contribution in [-0.2, 0) is 0 Å². The van der Waals surface area contributed by atoms with Gasteiger partial charge in [-0.2, -0.15) is 0 Å². The maximum Gasteiger partial charge on any atom is 0.341 e. The summed E-state index contributed by atoms with van der Waals surface area (Å²) < 4.78 is 1.92. The van der Waals surface area contributed by atoms with Crippen LogP contribution in [0.15, 0.2) is 35.3 Å². The molecule has 5 heteroatoms. The van der Waals surface area contributed by atoms with Gasteiger partial charge in [-0.05, 0) is 25.1 Å². The Morgan fingerprint density at radius 2 is 2.16 bits per heavy atom. The van der Waals surface area contributed by atoms with Crippen molar-refractivity contribution in [2.45, 2.75) is 12.5 Å². The van der Waals surface area contributed by atoms with Crippen LogP contribution in [0.25, 0.3) is 10.9 Å². The van der Waals surface area contributed by atoms with Gasteiger partial charge < -0.3 is 15.0 Å². The highest BCUT2D eigenvalue weighted by atomic mass is 16.4. The van der Waals surface area contributed by atoms with Gasteiger partial charge in [-0.3, -0.25) is 4.79 Å². The van der Waals surface area contributed by atoms with Crippen LogP contribution in [0.4, 0.5) is 0 Å². The van der Waals surface area contributed by atoms with Crippen molar-refractivity contribution in [3.8, 4) is 0 Å².